The zero-order chi connectivity index (χ0) is 11.7. The molecule has 1 N–H and O–H groups in total. The quantitative estimate of drug-likeness (QED) is 0.862. The summed E-state index contributed by atoms with van der Waals surface area (Å²) in [5.74, 6) is 1.63. The second-order valence-electron chi connectivity index (χ2n) is 4.98. The van der Waals surface area contributed by atoms with Crippen LogP contribution < -0.4 is 5.32 Å². The molecule has 0 bridgehead atoms. The van der Waals surface area contributed by atoms with Gasteiger partial charge in [-0.15, -0.1) is 0 Å². The Morgan fingerprint density at radius 3 is 3.00 bits per heavy atom. The lowest BCUT2D eigenvalue weighted by molar-refractivity contribution is 0.346. The largest absolute Gasteiger partial charge is 0.441 e. The lowest BCUT2D eigenvalue weighted by Gasteiger charge is -2.20. The van der Waals surface area contributed by atoms with Gasteiger partial charge >= 0.3 is 0 Å². The average molecular weight is 230 g/mol. The molecule has 0 radical (unpaired) electrons. The number of hydrogen-bond donors (Lipinski definition) is 1. The van der Waals surface area contributed by atoms with E-state index in [1.807, 2.05) is 6.07 Å². The van der Waals surface area contributed by atoms with E-state index in [-0.39, 0.29) is 0 Å². The Bertz CT molecular complexity index is 512. The van der Waals surface area contributed by atoms with Crippen LogP contribution in [0.2, 0.25) is 0 Å². The van der Waals surface area contributed by atoms with E-state index in [4.69, 9.17) is 4.42 Å². The Kier molecular flexibility index (Phi) is 2.85. The van der Waals surface area contributed by atoms with Crippen LogP contribution in [0.4, 0.5) is 0 Å². The lowest BCUT2D eigenvalue weighted by Crippen LogP contribution is -2.28. The molecule has 2 aromatic rings. The van der Waals surface area contributed by atoms with Crippen LogP contribution in [0.5, 0.6) is 0 Å². The first-order chi connectivity index (χ1) is 8.31. The van der Waals surface area contributed by atoms with Crippen LogP contribution in [0, 0.1) is 12.8 Å². The molecule has 3 rings (SSSR count). The fraction of sp³-hybridized carbons (Fsp3) is 0.500. The third-order valence-corrected chi connectivity index (χ3v) is 3.51. The first-order valence-electron chi connectivity index (χ1n) is 6.38. The minimum absolute atomic E-state index is 0.727. The highest BCUT2D eigenvalue weighted by atomic mass is 16.3. The number of hydrogen-bond acceptors (Lipinski definition) is 3. The van der Waals surface area contributed by atoms with Crippen molar-refractivity contribution in [2.24, 2.45) is 5.92 Å². The second kappa shape index (κ2) is 4.49. The summed E-state index contributed by atoms with van der Waals surface area (Å²) in [6.07, 6.45) is 3.45. The van der Waals surface area contributed by atoms with Crippen molar-refractivity contribution in [1.29, 1.82) is 0 Å². The summed E-state index contributed by atoms with van der Waals surface area (Å²) in [5, 5.41) is 3.38. The van der Waals surface area contributed by atoms with Crippen LogP contribution in [0.3, 0.4) is 0 Å². The molecule has 1 saturated heterocycles. The molecular weight excluding hydrogens is 212 g/mol. The molecular formula is C14H18N2O. The summed E-state index contributed by atoms with van der Waals surface area (Å²) in [7, 11) is 0. The molecule has 90 valence electrons. The number of aromatic nitrogens is 1. The fourth-order valence-corrected chi connectivity index (χ4v) is 2.51. The van der Waals surface area contributed by atoms with Gasteiger partial charge in [-0.2, -0.15) is 0 Å². The molecule has 0 unspecified atom stereocenters. The Hall–Kier alpha value is -1.35. The van der Waals surface area contributed by atoms with Gasteiger partial charge in [-0.05, 0) is 56.5 Å². The van der Waals surface area contributed by atoms with E-state index in [0.717, 1.165) is 42.4 Å². The van der Waals surface area contributed by atoms with Gasteiger partial charge in [-0.1, -0.05) is 6.07 Å². The molecule has 1 aromatic heterocycles. The molecule has 0 atom stereocenters. The van der Waals surface area contributed by atoms with Gasteiger partial charge in [0.25, 0.3) is 0 Å². The molecule has 3 nitrogen and oxygen atoms in total. The van der Waals surface area contributed by atoms with Crippen molar-refractivity contribution in [3.8, 4) is 0 Å². The average Bonchev–Trinajstić information content (AvgIpc) is 2.71. The minimum Gasteiger partial charge on any atom is -0.441 e. The maximum atomic E-state index is 5.79. The molecule has 2 heterocycles. The Morgan fingerprint density at radius 2 is 2.18 bits per heavy atom. The summed E-state index contributed by atoms with van der Waals surface area (Å²) in [5.41, 5.74) is 3.15. The Morgan fingerprint density at radius 1 is 1.35 bits per heavy atom. The zero-order valence-electron chi connectivity index (χ0n) is 10.2. The highest BCUT2D eigenvalue weighted by molar-refractivity contribution is 5.73. The maximum Gasteiger partial charge on any atom is 0.195 e. The van der Waals surface area contributed by atoms with Gasteiger partial charge in [0.05, 0.1) is 0 Å². The summed E-state index contributed by atoms with van der Waals surface area (Å²) in [4.78, 5) is 4.58. The number of fused-ring (bicyclic) bond motifs is 1. The van der Waals surface area contributed by atoms with Crippen molar-refractivity contribution in [2.45, 2.75) is 26.2 Å². The zero-order valence-corrected chi connectivity index (χ0v) is 10.2. The first kappa shape index (κ1) is 10.8. The number of rotatable bonds is 2. The third-order valence-electron chi connectivity index (χ3n) is 3.51. The van der Waals surface area contributed by atoms with Gasteiger partial charge in [0, 0.05) is 6.42 Å². The normalized spacial score (nSPS) is 17.7. The fourth-order valence-electron chi connectivity index (χ4n) is 2.51. The summed E-state index contributed by atoms with van der Waals surface area (Å²) < 4.78 is 5.79. The van der Waals surface area contributed by atoms with Crippen molar-refractivity contribution in [3.05, 3.63) is 29.7 Å². The maximum absolute atomic E-state index is 5.79. The summed E-state index contributed by atoms with van der Waals surface area (Å²) in [6.45, 7) is 4.34. The van der Waals surface area contributed by atoms with E-state index in [1.54, 1.807) is 0 Å². The molecule has 0 aliphatic carbocycles. The van der Waals surface area contributed by atoms with Crippen LogP contribution >= 0.6 is 0 Å². The van der Waals surface area contributed by atoms with Crippen molar-refractivity contribution in [3.63, 3.8) is 0 Å². The molecule has 1 aromatic carbocycles. The summed E-state index contributed by atoms with van der Waals surface area (Å²) in [6, 6.07) is 6.18. The Labute approximate surface area is 101 Å². The monoisotopic (exact) mass is 230 g/mol. The summed E-state index contributed by atoms with van der Waals surface area (Å²) >= 11 is 0. The smallest absolute Gasteiger partial charge is 0.195 e. The van der Waals surface area contributed by atoms with Crippen LogP contribution in [0.15, 0.2) is 22.6 Å². The number of nitrogens with zero attached hydrogens (tertiary/aromatic N) is 1. The molecule has 0 amide bonds. The minimum atomic E-state index is 0.727. The SMILES string of the molecule is Cc1ccc2oc(CC3CCNCC3)nc2c1. The van der Waals surface area contributed by atoms with Crippen LogP contribution in [0.25, 0.3) is 11.1 Å². The van der Waals surface area contributed by atoms with Gasteiger partial charge in [-0.25, -0.2) is 4.98 Å². The van der Waals surface area contributed by atoms with Gasteiger partial charge in [0.2, 0.25) is 0 Å². The highest BCUT2D eigenvalue weighted by Crippen LogP contribution is 2.22. The van der Waals surface area contributed by atoms with E-state index < -0.39 is 0 Å². The molecule has 1 aliphatic heterocycles. The van der Waals surface area contributed by atoms with Crippen molar-refractivity contribution < 1.29 is 4.42 Å². The molecule has 1 aliphatic rings. The lowest BCUT2D eigenvalue weighted by atomic mass is 9.95. The number of oxazole rings is 1. The molecule has 0 saturated carbocycles. The van der Waals surface area contributed by atoms with E-state index >= 15 is 0 Å². The van der Waals surface area contributed by atoms with E-state index in [1.165, 1.54) is 18.4 Å². The molecule has 3 heteroatoms. The van der Waals surface area contributed by atoms with E-state index in [9.17, 15) is 0 Å². The van der Waals surface area contributed by atoms with E-state index in [0.29, 0.717) is 0 Å². The first-order valence-corrected chi connectivity index (χ1v) is 6.38. The molecule has 17 heavy (non-hydrogen) atoms. The number of piperidine rings is 1. The second-order valence-corrected chi connectivity index (χ2v) is 4.98. The van der Waals surface area contributed by atoms with Crippen LogP contribution in [-0.2, 0) is 6.42 Å². The third kappa shape index (κ3) is 2.34. The number of aryl methyl sites for hydroxylation is 1. The molecule has 1 fully saturated rings. The van der Waals surface area contributed by atoms with E-state index in [2.05, 4.69) is 29.4 Å². The Balaban J connectivity index is 1.80. The van der Waals surface area contributed by atoms with Gasteiger partial charge in [0.15, 0.2) is 11.5 Å². The number of nitrogens with one attached hydrogen (secondary N) is 1. The van der Waals surface area contributed by atoms with Gasteiger partial charge in [-0.3, -0.25) is 0 Å². The van der Waals surface area contributed by atoms with Crippen molar-refractivity contribution >= 4 is 11.1 Å². The standard InChI is InChI=1S/C14H18N2O/c1-10-2-3-13-12(8-10)16-14(17-13)9-11-4-6-15-7-5-11/h2-3,8,11,15H,4-7,9H2,1H3. The van der Waals surface area contributed by atoms with Crippen LogP contribution in [0.1, 0.15) is 24.3 Å². The number of benzene rings is 1. The van der Waals surface area contributed by atoms with Gasteiger partial charge in [0.1, 0.15) is 5.52 Å². The predicted octanol–water partition coefficient (Wildman–Crippen LogP) is 2.68. The van der Waals surface area contributed by atoms with Crippen molar-refractivity contribution in [1.82, 2.24) is 10.3 Å². The van der Waals surface area contributed by atoms with Crippen LogP contribution in [-0.4, -0.2) is 18.1 Å². The predicted molar refractivity (Wildman–Crippen MR) is 68.0 cm³/mol. The topological polar surface area (TPSA) is 38.1 Å². The van der Waals surface area contributed by atoms with Gasteiger partial charge < -0.3 is 9.73 Å². The molecule has 0 spiro atoms. The van der Waals surface area contributed by atoms with Crippen molar-refractivity contribution in [2.75, 3.05) is 13.1 Å². The highest BCUT2D eigenvalue weighted by Gasteiger charge is 2.16.